The molecule has 0 atom stereocenters. The van der Waals surface area contributed by atoms with Gasteiger partial charge in [0.25, 0.3) is 0 Å². The van der Waals surface area contributed by atoms with Crippen LogP contribution in [0.5, 0.6) is 5.75 Å². The summed E-state index contributed by atoms with van der Waals surface area (Å²) in [6.45, 7) is 0.371. The predicted molar refractivity (Wildman–Crippen MR) is 68.8 cm³/mol. The minimum absolute atomic E-state index is 0.142. The van der Waals surface area contributed by atoms with Gasteiger partial charge in [-0.3, -0.25) is 0 Å². The molecule has 0 radical (unpaired) electrons. The summed E-state index contributed by atoms with van der Waals surface area (Å²) in [5.41, 5.74) is 1.40. The summed E-state index contributed by atoms with van der Waals surface area (Å²) in [4.78, 5) is 19.4. The van der Waals surface area contributed by atoms with Crippen LogP contribution < -0.4 is 4.74 Å². The van der Waals surface area contributed by atoms with E-state index in [-0.39, 0.29) is 5.56 Å². The van der Waals surface area contributed by atoms with Crippen LogP contribution in [-0.4, -0.2) is 32.7 Å². The van der Waals surface area contributed by atoms with Crippen LogP contribution in [0.15, 0.2) is 35.3 Å². The van der Waals surface area contributed by atoms with Crippen molar-refractivity contribution in [3.63, 3.8) is 0 Å². The van der Waals surface area contributed by atoms with Gasteiger partial charge in [0, 0.05) is 0 Å². The first kappa shape index (κ1) is 12.2. The highest BCUT2D eigenvalue weighted by Crippen LogP contribution is 2.26. The lowest BCUT2D eigenvalue weighted by Gasteiger charge is -2.05. The van der Waals surface area contributed by atoms with Crippen molar-refractivity contribution in [2.75, 3.05) is 7.11 Å². The molecule has 1 aromatic carbocycles. The lowest BCUT2D eigenvalue weighted by Crippen LogP contribution is -2.01. The topological polar surface area (TPSA) is 90.4 Å². The molecule has 0 bridgehead atoms. The number of nitrogens with zero attached hydrogens (tertiary/aromatic N) is 3. The van der Waals surface area contributed by atoms with E-state index in [9.17, 15) is 4.79 Å². The van der Waals surface area contributed by atoms with Gasteiger partial charge in [-0.25, -0.2) is 14.8 Å². The van der Waals surface area contributed by atoms with Crippen LogP contribution in [0.1, 0.15) is 16.2 Å². The fraction of sp³-hybridized carbons (Fsp3) is 0.154. The van der Waals surface area contributed by atoms with Gasteiger partial charge in [-0.2, -0.15) is 0 Å². The smallest absolute Gasteiger partial charge is 0.335 e. The summed E-state index contributed by atoms with van der Waals surface area (Å²) in [5.74, 6) is -0.0795. The van der Waals surface area contributed by atoms with Gasteiger partial charge in [0.1, 0.15) is 24.1 Å². The number of benzene rings is 1. The van der Waals surface area contributed by atoms with E-state index < -0.39 is 5.97 Å². The van der Waals surface area contributed by atoms with E-state index in [0.29, 0.717) is 29.2 Å². The highest BCUT2D eigenvalue weighted by molar-refractivity contribution is 5.95. The third-order valence-corrected chi connectivity index (χ3v) is 2.95. The van der Waals surface area contributed by atoms with E-state index in [4.69, 9.17) is 14.3 Å². The molecular weight excluding hydrogens is 262 g/mol. The molecule has 0 aliphatic rings. The molecule has 102 valence electrons. The average molecular weight is 273 g/mol. The summed E-state index contributed by atoms with van der Waals surface area (Å²) in [6, 6.07) is 3.00. The number of carbonyl (C=O) groups is 1. The maximum absolute atomic E-state index is 11.1. The van der Waals surface area contributed by atoms with Crippen molar-refractivity contribution in [2.24, 2.45) is 0 Å². The average Bonchev–Trinajstić information content (AvgIpc) is 3.08. The molecule has 0 saturated carbocycles. The second kappa shape index (κ2) is 4.69. The summed E-state index contributed by atoms with van der Waals surface area (Å²) >= 11 is 0. The maximum Gasteiger partial charge on any atom is 0.335 e. The number of hydrogen-bond donors (Lipinski definition) is 1. The Bertz CT molecular complexity index is 761. The number of carboxylic acid groups (broad SMARTS) is 1. The quantitative estimate of drug-likeness (QED) is 0.779. The molecule has 3 rings (SSSR count). The van der Waals surface area contributed by atoms with Gasteiger partial charge in [-0.15, -0.1) is 0 Å². The molecule has 0 aliphatic heterocycles. The van der Waals surface area contributed by atoms with Crippen LogP contribution in [0.4, 0.5) is 0 Å². The Balaban J connectivity index is 2.14. The van der Waals surface area contributed by atoms with Gasteiger partial charge in [0.2, 0.25) is 5.89 Å². The molecule has 3 aromatic rings. The van der Waals surface area contributed by atoms with E-state index in [1.165, 1.54) is 19.4 Å². The maximum atomic E-state index is 11.1. The lowest BCUT2D eigenvalue weighted by molar-refractivity contribution is 0.0696. The molecule has 0 amide bonds. The summed E-state index contributed by atoms with van der Waals surface area (Å²) in [7, 11) is 1.48. The van der Waals surface area contributed by atoms with Crippen LogP contribution in [-0.2, 0) is 6.54 Å². The summed E-state index contributed by atoms with van der Waals surface area (Å²) < 4.78 is 12.1. The van der Waals surface area contributed by atoms with Gasteiger partial charge in [0.15, 0.2) is 0 Å². The van der Waals surface area contributed by atoms with Crippen LogP contribution in [0, 0.1) is 0 Å². The van der Waals surface area contributed by atoms with Crippen LogP contribution >= 0.6 is 0 Å². The predicted octanol–water partition coefficient (Wildman–Crippen LogP) is 1.78. The molecule has 7 nitrogen and oxygen atoms in total. The molecule has 2 heterocycles. The summed E-state index contributed by atoms with van der Waals surface area (Å²) in [6.07, 6.45) is 4.64. The number of rotatable bonds is 4. The first-order valence-corrected chi connectivity index (χ1v) is 5.83. The van der Waals surface area contributed by atoms with Crippen molar-refractivity contribution in [3.05, 3.63) is 42.4 Å². The number of methoxy groups -OCH3 is 1. The first-order valence-electron chi connectivity index (χ1n) is 5.83. The number of aromatic carboxylic acids is 1. The number of oxazole rings is 1. The van der Waals surface area contributed by atoms with Crippen LogP contribution in [0.2, 0.25) is 0 Å². The third-order valence-electron chi connectivity index (χ3n) is 2.95. The molecule has 0 spiro atoms. The van der Waals surface area contributed by atoms with Gasteiger partial charge < -0.3 is 18.8 Å². The Morgan fingerprint density at radius 1 is 1.45 bits per heavy atom. The zero-order valence-corrected chi connectivity index (χ0v) is 10.6. The minimum atomic E-state index is -1.02. The van der Waals surface area contributed by atoms with E-state index in [0.717, 1.165) is 0 Å². The van der Waals surface area contributed by atoms with Gasteiger partial charge in [-0.05, 0) is 12.1 Å². The van der Waals surface area contributed by atoms with Gasteiger partial charge in [0.05, 0.1) is 30.7 Å². The van der Waals surface area contributed by atoms with E-state index >= 15 is 0 Å². The molecule has 20 heavy (non-hydrogen) atoms. The first-order chi connectivity index (χ1) is 9.69. The van der Waals surface area contributed by atoms with Gasteiger partial charge >= 0.3 is 5.97 Å². The fourth-order valence-corrected chi connectivity index (χ4v) is 2.01. The largest absolute Gasteiger partial charge is 0.494 e. The van der Waals surface area contributed by atoms with Crippen molar-refractivity contribution in [1.82, 2.24) is 14.5 Å². The van der Waals surface area contributed by atoms with Gasteiger partial charge in [-0.1, -0.05) is 0 Å². The van der Waals surface area contributed by atoms with Crippen molar-refractivity contribution in [2.45, 2.75) is 6.54 Å². The van der Waals surface area contributed by atoms with E-state index in [1.54, 1.807) is 23.2 Å². The number of hydrogen-bond acceptors (Lipinski definition) is 5. The van der Waals surface area contributed by atoms with Crippen molar-refractivity contribution in [3.8, 4) is 5.75 Å². The van der Waals surface area contributed by atoms with Crippen molar-refractivity contribution < 1.29 is 19.1 Å². The third kappa shape index (κ3) is 1.99. The highest BCUT2D eigenvalue weighted by atomic mass is 16.5. The van der Waals surface area contributed by atoms with Crippen molar-refractivity contribution in [1.29, 1.82) is 0 Å². The molecule has 0 fully saturated rings. The molecule has 7 heteroatoms. The lowest BCUT2D eigenvalue weighted by atomic mass is 10.2. The molecule has 1 N–H and O–H groups in total. The Morgan fingerprint density at radius 3 is 2.95 bits per heavy atom. The van der Waals surface area contributed by atoms with Crippen LogP contribution in [0.25, 0.3) is 11.0 Å². The SMILES string of the molecule is COc1cc(C(=O)O)cc2c1ncn2Cc1ncco1. The normalized spacial score (nSPS) is 10.8. The second-order valence-electron chi connectivity index (χ2n) is 4.15. The monoisotopic (exact) mass is 273 g/mol. The fourth-order valence-electron chi connectivity index (χ4n) is 2.01. The Hall–Kier alpha value is -2.83. The minimum Gasteiger partial charge on any atom is -0.494 e. The highest BCUT2D eigenvalue weighted by Gasteiger charge is 2.14. The molecule has 0 saturated heterocycles. The van der Waals surface area contributed by atoms with Crippen LogP contribution in [0.3, 0.4) is 0 Å². The zero-order chi connectivity index (χ0) is 14.1. The molecular formula is C13H11N3O4. The standard InChI is InChI=1S/C13H11N3O4/c1-19-10-5-8(13(17)18)4-9-12(10)15-7-16(9)6-11-14-2-3-20-11/h2-5,7H,6H2,1H3,(H,17,18). The van der Waals surface area contributed by atoms with Crippen molar-refractivity contribution >= 4 is 17.0 Å². The molecule has 0 unspecified atom stereocenters. The number of ether oxygens (including phenoxy) is 1. The Morgan fingerprint density at radius 2 is 2.30 bits per heavy atom. The molecule has 0 aliphatic carbocycles. The van der Waals surface area contributed by atoms with E-state index in [2.05, 4.69) is 9.97 Å². The Kier molecular flexibility index (Phi) is 2.86. The number of fused-ring (bicyclic) bond motifs is 1. The number of aromatic nitrogens is 3. The number of carboxylic acids is 1. The summed E-state index contributed by atoms with van der Waals surface area (Å²) in [5, 5.41) is 9.13. The van der Waals surface area contributed by atoms with E-state index in [1.807, 2.05) is 0 Å². The second-order valence-corrected chi connectivity index (χ2v) is 4.15. The molecule has 2 aromatic heterocycles. The Labute approximate surface area is 113 Å². The number of imidazole rings is 1. The zero-order valence-electron chi connectivity index (χ0n) is 10.6.